The van der Waals surface area contributed by atoms with E-state index in [1.807, 2.05) is 6.92 Å². The molecule has 0 N–H and O–H groups in total. The van der Waals surface area contributed by atoms with E-state index in [1.165, 1.54) is 6.07 Å². The van der Waals surface area contributed by atoms with E-state index < -0.39 is 0 Å². The molecule has 0 atom stereocenters. The van der Waals surface area contributed by atoms with E-state index in [0.29, 0.717) is 44.5 Å². The minimum absolute atomic E-state index is 0.00728. The van der Waals surface area contributed by atoms with Crippen molar-refractivity contribution < 1.29 is 14.0 Å². The molecular weight excluding hydrogens is 321 g/mol. The molecule has 6 heteroatoms. The zero-order valence-corrected chi connectivity index (χ0v) is 15.2. The zero-order chi connectivity index (χ0) is 18.1. The van der Waals surface area contributed by atoms with Crippen LogP contribution in [0.15, 0.2) is 12.1 Å². The molecule has 0 unspecified atom stereocenters. The summed E-state index contributed by atoms with van der Waals surface area (Å²) in [5.41, 5.74) is 2.38. The summed E-state index contributed by atoms with van der Waals surface area (Å²) in [6, 6.07) is 3.23. The average molecular weight is 347 g/mol. The van der Waals surface area contributed by atoms with E-state index in [9.17, 15) is 14.0 Å². The smallest absolute Gasteiger partial charge is 0.319 e. The van der Waals surface area contributed by atoms with Gasteiger partial charge in [-0.2, -0.15) is 0 Å². The Morgan fingerprint density at radius 3 is 2.48 bits per heavy atom. The van der Waals surface area contributed by atoms with Gasteiger partial charge in [-0.25, -0.2) is 9.18 Å². The molecule has 3 rings (SSSR count). The number of fused-ring (bicyclic) bond motifs is 1. The van der Waals surface area contributed by atoms with Gasteiger partial charge in [0.1, 0.15) is 5.82 Å². The number of benzene rings is 1. The highest BCUT2D eigenvalue weighted by atomic mass is 19.1. The Hall–Kier alpha value is -2.11. The van der Waals surface area contributed by atoms with Crippen LogP contribution in [0.5, 0.6) is 0 Å². The number of carbonyl (C=O) groups excluding carboxylic acids is 2. The molecule has 1 aromatic rings. The minimum atomic E-state index is -0.218. The fourth-order valence-electron chi connectivity index (χ4n) is 3.91. The number of nitrogens with zero attached hydrogens (tertiary/aromatic N) is 3. The van der Waals surface area contributed by atoms with E-state index >= 15 is 0 Å². The molecule has 0 bridgehead atoms. The van der Waals surface area contributed by atoms with Crippen LogP contribution < -0.4 is 4.90 Å². The van der Waals surface area contributed by atoms with E-state index in [0.717, 1.165) is 17.7 Å². The molecule has 2 aliphatic heterocycles. The molecule has 2 heterocycles. The summed E-state index contributed by atoms with van der Waals surface area (Å²) in [6.07, 6.45) is 2.80. The molecule has 2 aliphatic rings. The van der Waals surface area contributed by atoms with Crippen LogP contribution in [0.4, 0.5) is 14.9 Å². The third-order valence-corrected chi connectivity index (χ3v) is 5.27. The van der Waals surface area contributed by atoms with Crippen molar-refractivity contribution in [1.29, 1.82) is 0 Å². The maximum atomic E-state index is 14.2. The number of halogens is 1. The molecule has 0 aliphatic carbocycles. The molecule has 1 aromatic carbocycles. The van der Waals surface area contributed by atoms with Gasteiger partial charge in [0.05, 0.1) is 5.69 Å². The number of hydrogen-bond acceptors (Lipinski definition) is 2. The second-order valence-electron chi connectivity index (χ2n) is 7.22. The molecule has 0 spiro atoms. The van der Waals surface area contributed by atoms with Crippen molar-refractivity contribution in [2.75, 3.05) is 38.6 Å². The molecule has 1 saturated heterocycles. The van der Waals surface area contributed by atoms with Gasteiger partial charge in [-0.15, -0.1) is 0 Å². The Morgan fingerprint density at radius 2 is 1.84 bits per heavy atom. The van der Waals surface area contributed by atoms with Gasteiger partial charge in [-0.05, 0) is 44.2 Å². The summed E-state index contributed by atoms with van der Waals surface area (Å²) in [7, 11) is 3.48. The monoisotopic (exact) mass is 347 g/mol. The largest absolute Gasteiger partial charge is 0.331 e. The van der Waals surface area contributed by atoms with E-state index in [-0.39, 0.29) is 23.7 Å². The molecule has 25 heavy (non-hydrogen) atoms. The SMILES string of the molecule is Cc1ccc(F)c2c1N(C(=O)C1CCN(C(=O)N(C)C)CC1)CCC2. The van der Waals surface area contributed by atoms with Crippen LogP contribution in [0.2, 0.25) is 0 Å². The minimum Gasteiger partial charge on any atom is -0.331 e. The second-order valence-corrected chi connectivity index (χ2v) is 7.22. The molecule has 0 aromatic heterocycles. The zero-order valence-electron chi connectivity index (χ0n) is 15.2. The molecule has 1 fully saturated rings. The number of likely N-dealkylation sites (tertiary alicyclic amines) is 1. The summed E-state index contributed by atoms with van der Waals surface area (Å²) in [5.74, 6) is -0.240. The van der Waals surface area contributed by atoms with Crippen molar-refractivity contribution in [2.45, 2.75) is 32.6 Å². The lowest BCUT2D eigenvalue weighted by Gasteiger charge is -2.37. The van der Waals surface area contributed by atoms with E-state index in [2.05, 4.69) is 0 Å². The van der Waals surface area contributed by atoms with E-state index in [1.54, 1.807) is 34.9 Å². The predicted octanol–water partition coefficient (Wildman–Crippen LogP) is 2.81. The number of urea groups is 1. The van der Waals surface area contributed by atoms with Gasteiger partial charge in [0.2, 0.25) is 5.91 Å². The summed E-state index contributed by atoms with van der Waals surface area (Å²) >= 11 is 0. The Kier molecular flexibility index (Phi) is 4.97. The fraction of sp³-hybridized carbons (Fsp3) is 0.579. The van der Waals surface area contributed by atoms with Gasteiger partial charge in [0, 0.05) is 45.2 Å². The van der Waals surface area contributed by atoms with Crippen LogP contribution >= 0.6 is 0 Å². The van der Waals surface area contributed by atoms with Gasteiger partial charge in [0.25, 0.3) is 0 Å². The molecule has 3 amide bonds. The summed E-state index contributed by atoms with van der Waals surface area (Å²) in [5, 5.41) is 0. The first-order valence-corrected chi connectivity index (χ1v) is 8.95. The summed E-state index contributed by atoms with van der Waals surface area (Å²) in [6.45, 7) is 3.77. The van der Waals surface area contributed by atoms with Crippen LogP contribution in [-0.2, 0) is 11.2 Å². The number of aryl methyl sites for hydroxylation is 1. The highest BCUT2D eigenvalue weighted by Gasteiger charge is 2.34. The van der Waals surface area contributed by atoms with Crippen molar-refractivity contribution in [2.24, 2.45) is 5.92 Å². The lowest BCUT2D eigenvalue weighted by molar-refractivity contribution is -0.123. The van der Waals surface area contributed by atoms with Gasteiger partial charge in [0.15, 0.2) is 0 Å². The predicted molar refractivity (Wildman–Crippen MR) is 95.2 cm³/mol. The Bertz CT molecular complexity index is 681. The van der Waals surface area contributed by atoms with Gasteiger partial charge in [-0.1, -0.05) is 6.07 Å². The van der Waals surface area contributed by atoms with Crippen LogP contribution in [0.3, 0.4) is 0 Å². The summed E-state index contributed by atoms with van der Waals surface area (Å²) < 4.78 is 14.2. The fourth-order valence-corrected chi connectivity index (χ4v) is 3.91. The first kappa shape index (κ1) is 17.7. The van der Waals surface area contributed by atoms with Gasteiger partial charge < -0.3 is 14.7 Å². The van der Waals surface area contributed by atoms with Crippen molar-refractivity contribution in [1.82, 2.24) is 9.80 Å². The van der Waals surface area contributed by atoms with Crippen molar-refractivity contribution >= 4 is 17.6 Å². The molecule has 5 nitrogen and oxygen atoms in total. The van der Waals surface area contributed by atoms with Crippen molar-refractivity contribution in [3.8, 4) is 0 Å². The van der Waals surface area contributed by atoms with Gasteiger partial charge in [-0.3, -0.25) is 4.79 Å². The lowest BCUT2D eigenvalue weighted by Crippen LogP contribution is -2.48. The Morgan fingerprint density at radius 1 is 1.16 bits per heavy atom. The Balaban J connectivity index is 1.74. The maximum Gasteiger partial charge on any atom is 0.319 e. The summed E-state index contributed by atoms with van der Waals surface area (Å²) in [4.78, 5) is 30.3. The highest BCUT2D eigenvalue weighted by molar-refractivity contribution is 5.97. The number of piperidine rings is 1. The number of hydrogen-bond donors (Lipinski definition) is 0. The topological polar surface area (TPSA) is 43.9 Å². The quantitative estimate of drug-likeness (QED) is 0.784. The average Bonchev–Trinajstić information content (AvgIpc) is 2.63. The van der Waals surface area contributed by atoms with Crippen LogP contribution in [0, 0.1) is 18.7 Å². The normalized spacial score (nSPS) is 18.1. The highest BCUT2D eigenvalue weighted by Crippen LogP contribution is 2.34. The number of anilines is 1. The number of carbonyl (C=O) groups is 2. The first-order valence-electron chi connectivity index (χ1n) is 8.95. The number of rotatable bonds is 1. The van der Waals surface area contributed by atoms with Crippen LogP contribution in [0.1, 0.15) is 30.4 Å². The maximum absolute atomic E-state index is 14.2. The lowest BCUT2D eigenvalue weighted by atomic mass is 9.92. The molecule has 0 saturated carbocycles. The standard InChI is InChI=1S/C19H26FN3O2/c1-13-6-7-16(20)15-5-4-10-23(17(13)15)18(24)14-8-11-22(12-9-14)19(25)21(2)3/h6-7,14H,4-5,8-12H2,1-3H3. The first-order chi connectivity index (χ1) is 11.9. The molecule has 0 radical (unpaired) electrons. The van der Waals surface area contributed by atoms with Crippen LogP contribution in [0.25, 0.3) is 0 Å². The molecular formula is C19H26FN3O2. The van der Waals surface area contributed by atoms with Crippen molar-refractivity contribution in [3.63, 3.8) is 0 Å². The van der Waals surface area contributed by atoms with E-state index in [4.69, 9.17) is 0 Å². The Labute approximate surface area is 148 Å². The third-order valence-electron chi connectivity index (χ3n) is 5.27. The molecule has 136 valence electrons. The van der Waals surface area contributed by atoms with Crippen LogP contribution in [-0.4, -0.2) is 55.5 Å². The number of amides is 3. The second kappa shape index (κ2) is 7.02. The van der Waals surface area contributed by atoms with Gasteiger partial charge >= 0.3 is 6.03 Å². The van der Waals surface area contributed by atoms with Crippen molar-refractivity contribution in [3.05, 3.63) is 29.1 Å². The third kappa shape index (κ3) is 3.34.